The van der Waals surface area contributed by atoms with Gasteiger partial charge in [-0.2, -0.15) is 0 Å². The van der Waals surface area contributed by atoms with Crippen molar-refractivity contribution in [2.24, 2.45) is 0 Å². The fourth-order valence-electron chi connectivity index (χ4n) is 3.86. The van der Waals surface area contributed by atoms with Gasteiger partial charge in [0.1, 0.15) is 12.6 Å². The van der Waals surface area contributed by atoms with Crippen LogP contribution in [0, 0.1) is 0 Å². The highest BCUT2D eigenvalue weighted by atomic mass is 16.6. The molecule has 0 saturated carbocycles. The van der Waals surface area contributed by atoms with Gasteiger partial charge in [0.25, 0.3) is 5.91 Å². The van der Waals surface area contributed by atoms with Crippen molar-refractivity contribution in [1.29, 1.82) is 0 Å². The Bertz CT molecular complexity index is 876. The number of nitrogens with one attached hydrogen (secondary N) is 2. The average molecular weight is 412 g/mol. The number of benzene rings is 2. The lowest BCUT2D eigenvalue weighted by atomic mass is 9.98. The number of hydrogen-bond donors (Lipinski definition) is 3. The molecule has 7 nitrogen and oxygen atoms in total. The molecule has 0 spiro atoms. The van der Waals surface area contributed by atoms with Crippen LogP contribution in [-0.2, 0) is 14.3 Å². The summed E-state index contributed by atoms with van der Waals surface area (Å²) in [7, 11) is 0. The molecule has 2 aromatic rings. The summed E-state index contributed by atoms with van der Waals surface area (Å²) in [5.74, 6) is -0.864. The van der Waals surface area contributed by atoms with Gasteiger partial charge in [0.05, 0.1) is 11.7 Å². The van der Waals surface area contributed by atoms with E-state index in [0.717, 1.165) is 22.3 Å². The average Bonchev–Trinajstić information content (AvgIpc) is 3.02. The molecule has 0 aromatic heterocycles. The van der Waals surface area contributed by atoms with E-state index < -0.39 is 29.7 Å². The van der Waals surface area contributed by atoms with Crippen LogP contribution in [0.5, 0.6) is 0 Å². The summed E-state index contributed by atoms with van der Waals surface area (Å²) in [5.41, 5.74) is 5.50. The maximum absolute atomic E-state index is 12.5. The van der Waals surface area contributed by atoms with Crippen LogP contribution in [0.15, 0.2) is 48.5 Å². The molecule has 30 heavy (non-hydrogen) atoms. The Morgan fingerprint density at radius 2 is 1.57 bits per heavy atom. The molecule has 3 rings (SSSR count). The zero-order valence-corrected chi connectivity index (χ0v) is 17.6. The Labute approximate surface area is 176 Å². The molecule has 3 N–H and O–H groups in total. The van der Waals surface area contributed by atoms with Gasteiger partial charge >= 0.3 is 6.09 Å². The van der Waals surface area contributed by atoms with E-state index in [1.54, 1.807) is 12.4 Å². The van der Waals surface area contributed by atoms with Gasteiger partial charge in [-0.15, -0.1) is 0 Å². The van der Waals surface area contributed by atoms with Crippen molar-refractivity contribution in [3.8, 4) is 11.1 Å². The zero-order chi connectivity index (χ0) is 21.9. The van der Waals surface area contributed by atoms with Crippen LogP contribution >= 0.6 is 0 Å². The molecule has 0 saturated heterocycles. The molecule has 0 fully saturated rings. The number of fused-ring (bicyclic) bond motifs is 3. The minimum absolute atomic E-state index is 0.0866. The molecule has 0 heterocycles. The molecule has 0 radical (unpaired) electrons. The summed E-state index contributed by atoms with van der Waals surface area (Å²) >= 11 is 0. The number of carbonyl (C=O) groups is 2. The van der Waals surface area contributed by atoms with Gasteiger partial charge in [0, 0.05) is 5.92 Å². The highest BCUT2D eigenvalue weighted by Gasteiger charge is 2.32. The molecule has 0 bridgehead atoms. The Morgan fingerprint density at radius 3 is 2.07 bits per heavy atom. The van der Waals surface area contributed by atoms with E-state index in [0.29, 0.717) is 0 Å². The lowest BCUT2D eigenvalue weighted by Gasteiger charge is -2.30. The van der Waals surface area contributed by atoms with E-state index in [-0.39, 0.29) is 12.5 Å². The van der Waals surface area contributed by atoms with E-state index >= 15 is 0 Å². The molecule has 160 valence electrons. The first-order valence-electron chi connectivity index (χ1n) is 9.94. The largest absolute Gasteiger partial charge is 0.449 e. The summed E-state index contributed by atoms with van der Waals surface area (Å²) in [4.78, 5) is 24.5. The quantitative estimate of drug-likeness (QED) is 0.498. The van der Waals surface area contributed by atoms with Crippen LogP contribution in [0.4, 0.5) is 4.79 Å². The highest BCUT2D eigenvalue weighted by Crippen LogP contribution is 2.44. The Balaban J connectivity index is 1.69. The molecule has 1 aliphatic carbocycles. The van der Waals surface area contributed by atoms with Crippen molar-refractivity contribution in [1.82, 2.24) is 10.8 Å². The highest BCUT2D eigenvalue weighted by molar-refractivity contribution is 5.85. The second kappa shape index (κ2) is 8.85. The number of ether oxygens (including phenoxy) is 2. The molecule has 2 aromatic carbocycles. The van der Waals surface area contributed by atoms with Crippen molar-refractivity contribution < 1.29 is 24.3 Å². The molecule has 2 amide bonds. The predicted octanol–water partition coefficient (Wildman–Crippen LogP) is 3.60. The third-order valence-corrected chi connectivity index (χ3v) is 5.02. The molecule has 0 aliphatic heterocycles. The second-order valence-electron chi connectivity index (χ2n) is 8.36. The number of carbonyl (C=O) groups excluding carboxylic acids is 2. The fourth-order valence-corrected chi connectivity index (χ4v) is 3.86. The van der Waals surface area contributed by atoms with Gasteiger partial charge in [0.15, 0.2) is 0 Å². The van der Waals surface area contributed by atoms with Gasteiger partial charge in [-0.25, -0.2) is 10.3 Å². The maximum Gasteiger partial charge on any atom is 0.407 e. The second-order valence-corrected chi connectivity index (χ2v) is 8.36. The van der Waals surface area contributed by atoms with Crippen LogP contribution in [0.25, 0.3) is 11.1 Å². The molecular formula is C23H28N2O5. The molecular weight excluding hydrogens is 384 g/mol. The van der Waals surface area contributed by atoms with E-state index in [4.69, 9.17) is 14.7 Å². The number of hydrogen-bond acceptors (Lipinski definition) is 5. The van der Waals surface area contributed by atoms with Crippen molar-refractivity contribution in [2.45, 2.75) is 51.4 Å². The Kier molecular flexibility index (Phi) is 6.43. The van der Waals surface area contributed by atoms with Gasteiger partial charge in [-0.1, -0.05) is 48.5 Å². The minimum Gasteiger partial charge on any atom is -0.449 e. The Morgan fingerprint density at radius 1 is 1.03 bits per heavy atom. The lowest BCUT2D eigenvalue weighted by Crippen LogP contribution is -2.54. The van der Waals surface area contributed by atoms with Crippen molar-refractivity contribution in [3.63, 3.8) is 0 Å². The standard InChI is InChI=1S/C23H28N2O5/c1-14(30-23(2,3)4)20(21(26)25-28)24-22(27)29-13-19-17-11-7-5-9-15(17)16-10-6-8-12-18(16)19/h5-12,14,19-20,28H,13H2,1-4H3,(H,24,27)(H,25,26)/t14-,20+/m1/s1. The summed E-state index contributed by atoms with van der Waals surface area (Å²) in [6.07, 6.45) is -1.44. The van der Waals surface area contributed by atoms with Gasteiger partial charge in [0.2, 0.25) is 0 Å². The van der Waals surface area contributed by atoms with E-state index in [1.807, 2.05) is 57.2 Å². The molecule has 1 aliphatic rings. The first kappa shape index (κ1) is 21.8. The lowest BCUT2D eigenvalue weighted by molar-refractivity contribution is -0.139. The summed E-state index contributed by atoms with van der Waals surface area (Å²) in [6, 6.07) is 15.0. The Hall–Kier alpha value is -2.90. The first-order chi connectivity index (χ1) is 14.2. The number of hydroxylamine groups is 1. The first-order valence-corrected chi connectivity index (χ1v) is 9.94. The van der Waals surface area contributed by atoms with Crippen molar-refractivity contribution >= 4 is 12.0 Å². The van der Waals surface area contributed by atoms with Crippen LogP contribution in [0.3, 0.4) is 0 Å². The van der Waals surface area contributed by atoms with Crippen LogP contribution in [0.1, 0.15) is 44.7 Å². The predicted molar refractivity (Wildman–Crippen MR) is 112 cm³/mol. The number of amides is 2. The fraction of sp³-hybridized carbons (Fsp3) is 0.391. The molecule has 7 heteroatoms. The molecule has 2 atom stereocenters. The van der Waals surface area contributed by atoms with E-state index in [1.165, 1.54) is 0 Å². The topological polar surface area (TPSA) is 96.9 Å². The normalized spacial score (nSPS) is 15.0. The summed E-state index contributed by atoms with van der Waals surface area (Å²) < 4.78 is 11.2. The van der Waals surface area contributed by atoms with Crippen LogP contribution in [0.2, 0.25) is 0 Å². The third kappa shape index (κ3) is 4.80. The summed E-state index contributed by atoms with van der Waals surface area (Å²) in [5, 5.41) is 11.5. The maximum atomic E-state index is 12.5. The zero-order valence-electron chi connectivity index (χ0n) is 17.6. The number of rotatable bonds is 6. The SMILES string of the molecule is C[C@@H](OC(C)(C)C)[C@H](NC(=O)OCC1c2ccccc2-c2ccccc21)C(=O)NO. The minimum atomic E-state index is -1.11. The van der Waals surface area contributed by atoms with Crippen molar-refractivity contribution in [2.75, 3.05) is 6.61 Å². The smallest absolute Gasteiger partial charge is 0.407 e. The van der Waals surface area contributed by atoms with Crippen LogP contribution in [-0.4, -0.2) is 41.6 Å². The van der Waals surface area contributed by atoms with Gasteiger partial charge in [-0.05, 0) is 49.9 Å². The van der Waals surface area contributed by atoms with E-state index in [2.05, 4.69) is 17.4 Å². The number of alkyl carbamates (subject to hydrolysis) is 1. The van der Waals surface area contributed by atoms with Gasteiger partial charge < -0.3 is 14.8 Å². The molecule has 0 unspecified atom stereocenters. The van der Waals surface area contributed by atoms with E-state index in [9.17, 15) is 9.59 Å². The van der Waals surface area contributed by atoms with Crippen molar-refractivity contribution in [3.05, 3.63) is 59.7 Å². The summed E-state index contributed by atoms with van der Waals surface area (Å²) in [6.45, 7) is 7.29. The monoisotopic (exact) mass is 412 g/mol. The third-order valence-electron chi connectivity index (χ3n) is 5.02. The van der Waals surface area contributed by atoms with Crippen LogP contribution < -0.4 is 10.8 Å². The van der Waals surface area contributed by atoms with Gasteiger partial charge in [-0.3, -0.25) is 10.0 Å².